The SMILES string of the molecule is C[CH-]c1cc(N)cc([C@@H](C)Nc2nnc(C)c3cnc(N4CCO[C@H](CN5CCC(c6ccc(C7CCC(=O)NC7=O)cc6C)CC5)C4)cc23)c1.[Hf]. The number of likely N-dealkylation sites (tertiary alicyclic amines) is 1. The number of morpholine rings is 1. The van der Waals surface area contributed by atoms with Crippen LogP contribution < -0.4 is 21.3 Å². The van der Waals surface area contributed by atoms with Crippen molar-refractivity contribution >= 4 is 39.9 Å². The Hall–Kier alpha value is -3.87. The van der Waals surface area contributed by atoms with Gasteiger partial charge in [-0.3, -0.25) is 14.9 Å². The molecule has 0 spiro atoms. The number of carbonyl (C=O) groups is 2. The van der Waals surface area contributed by atoms with Crippen LogP contribution in [0.15, 0.2) is 48.7 Å². The molecule has 3 fully saturated rings. The zero-order valence-corrected chi connectivity index (χ0v) is 34.2. The summed E-state index contributed by atoms with van der Waals surface area (Å²) in [6.07, 6.45) is 7.21. The van der Waals surface area contributed by atoms with E-state index < -0.39 is 0 Å². The van der Waals surface area contributed by atoms with E-state index in [1.54, 1.807) is 0 Å². The molecule has 4 N–H and O–H groups in total. The molecule has 11 nitrogen and oxygen atoms in total. The second kappa shape index (κ2) is 16.4. The molecule has 12 heteroatoms. The molecule has 1 unspecified atom stereocenters. The number of amides is 2. The Morgan fingerprint density at radius 1 is 1.04 bits per heavy atom. The van der Waals surface area contributed by atoms with Crippen molar-refractivity contribution in [2.45, 2.75) is 77.4 Å². The van der Waals surface area contributed by atoms with Gasteiger partial charge in [-0.15, -0.1) is 11.2 Å². The predicted octanol–water partition coefficient (Wildman–Crippen LogP) is 5.57. The number of fused-ring (bicyclic) bond motifs is 1. The zero-order valence-electron chi connectivity index (χ0n) is 30.6. The summed E-state index contributed by atoms with van der Waals surface area (Å²) < 4.78 is 6.30. The maximum Gasteiger partial charge on any atom is 0.234 e. The molecule has 0 aliphatic carbocycles. The molecule has 5 heterocycles. The zero-order chi connectivity index (χ0) is 35.6. The Labute approximate surface area is 325 Å². The molecule has 2 amide bonds. The summed E-state index contributed by atoms with van der Waals surface area (Å²) in [4.78, 5) is 33.8. The number of carbonyl (C=O) groups excluding carboxylic acids is 2. The standard InChI is InChI=1S/C40H49N8O3.Hf/c1-5-27-17-30(19-31(41)18-27)25(3)43-39-35-20-37(42-21-36(35)26(4)45-46-39)48-14-15-51-32(23-48)22-47-12-10-28(11-13-47)33-7-6-29(16-24(33)2)34-8-9-38(49)44-40(34)50;/h5-7,16-21,25,28,32,34H,8-15,22-23,41H2,1-4H3,(H,43,46)(H,44,49,50);/q-1;/t25-,32-,34?;/m1./s1. The van der Waals surface area contributed by atoms with Crippen LogP contribution in [0.1, 0.15) is 90.9 Å². The van der Waals surface area contributed by atoms with Crippen molar-refractivity contribution in [2.24, 2.45) is 0 Å². The normalized spacial score (nSPS) is 20.7. The Kier molecular flexibility index (Phi) is 12.0. The Morgan fingerprint density at radius 2 is 1.85 bits per heavy atom. The van der Waals surface area contributed by atoms with Crippen LogP contribution in [-0.4, -0.2) is 77.3 Å². The fraction of sp³-hybridized carbons (Fsp3) is 0.450. The number of nitrogen functional groups attached to an aromatic ring is 1. The van der Waals surface area contributed by atoms with E-state index in [0.29, 0.717) is 25.4 Å². The van der Waals surface area contributed by atoms with Crippen molar-refractivity contribution in [3.8, 4) is 0 Å². The summed E-state index contributed by atoms with van der Waals surface area (Å²) in [5.74, 6) is 1.54. The molecule has 2 aromatic carbocycles. The van der Waals surface area contributed by atoms with Crippen LogP contribution in [0.5, 0.6) is 0 Å². The largest absolute Gasteiger partial charge is 0.409 e. The van der Waals surface area contributed by atoms with Gasteiger partial charge in [-0.1, -0.05) is 36.8 Å². The van der Waals surface area contributed by atoms with E-state index in [-0.39, 0.29) is 55.7 Å². The molecule has 3 atom stereocenters. The van der Waals surface area contributed by atoms with E-state index >= 15 is 0 Å². The van der Waals surface area contributed by atoms with Gasteiger partial charge in [0.15, 0.2) is 5.82 Å². The van der Waals surface area contributed by atoms with Crippen molar-refractivity contribution in [3.05, 3.63) is 88.6 Å². The van der Waals surface area contributed by atoms with Crippen LogP contribution in [-0.2, 0) is 40.2 Å². The number of aromatic nitrogens is 3. The molecule has 7 rings (SSSR count). The molecular weight excluding hydrogens is 819 g/mol. The van der Waals surface area contributed by atoms with Crippen molar-refractivity contribution in [2.75, 3.05) is 55.3 Å². The van der Waals surface area contributed by atoms with Crippen molar-refractivity contribution < 1.29 is 40.2 Å². The number of hydrogen-bond acceptors (Lipinski definition) is 10. The molecule has 0 radical (unpaired) electrons. The third kappa shape index (κ3) is 8.34. The minimum atomic E-state index is -0.245. The molecule has 0 bridgehead atoms. The smallest absolute Gasteiger partial charge is 0.234 e. The van der Waals surface area contributed by atoms with Crippen molar-refractivity contribution in [1.82, 2.24) is 25.4 Å². The van der Waals surface area contributed by atoms with Crippen LogP contribution in [0.2, 0.25) is 0 Å². The average Bonchev–Trinajstić information content (AvgIpc) is 3.13. The Balaban J connectivity index is 0.00000464. The summed E-state index contributed by atoms with van der Waals surface area (Å²) in [7, 11) is 0. The first-order valence-electron chi connectivity index (χ1n) is 18.3. The molecule has 4 aromatic rings. The van der Waals surface area contributed by atoms with Gasteiger partial charge in [0.2, 0.25) is 11.8 Å². The van der Waals surface area contributed by atoms with Gasteiger partial charge in [0.1, 0.15) is 5.82 Å². The number of pyridine rings is 1. The molecule has 3 aliphatic heterocycles. The van der Waals surface area contributed by atoms with E-state index in [9.17, 15) is 9.59 Å². The van der Waals surface area contributed by atoms with Gasteiger partial charge >= 0.3 is 0 Å². The summed E-state index contributed by atoms with van der Waals surface area (Å²) in [5, 5.41) is 17.1. The Morgan fingerprint density at radius 3 is 2.60 bits per heavy atom. The number of nitrogens with one attached hydrogen (secondary N) is 2. The summed E-state index contributed by atoms with van der Waals surface area (Å²) in [6.45, 7) is 13.4. The maximum atomic E-state index is 12.4. The minimum Gasteiger partial charge on any atom is -0.409 e. The van der Waals surface area contributed by atoms with Crippen LogP contribution in [0.25, 0.3) is 10.8 Å². The second-order valence-corrected chi connectivity index (χ2v) is 14.4. The van der Waals surface area contributed by atoms with Crippen molar-refractivity contribution in [1.29, 1.82) is 0 Å². The topological polar surface area (TPSA) is 139 Å². The number of ether oxygens (including phenoxy) is 1. The first-order chi connectivity index (χ1) is 24.6. The quantitative estimate of drug-likeness (QED) is 0.0848. The number of imide groups is 1. The minimum absolute atomic E-state index is 0. The molecule has 2 aromatic heterocycles. The predicted molar refractivity (Wildman–Crippen MR) is 201 cm³/mol. The number of hydrogen-bond donors (Lipinski definition) is 3. The van der Waals surface area contributed by atoms with E-state index in [2.05, 4.69) is 81.2 Å². The summed E-state index contributed by atoms with van der Waals surface area (Å²) in [6, 6.07) is 14.7. The average molecular weight is 868 g/mol. The first kappa shape index (κ1) is 37.9. The third-order valence-electron chi connectivity index (χ3n) is 10.9. The second-order valence-electron chi connectivity index (χ2n) is 14.4. The van der Waals surface area contributed by atoms with Gasteiger partial charge in [-0.05, 0) is 87.5 Å². The number of anilines is 3. The van der Waals surface area contributed by atoms with Gasteiger partial charge in [0.05, 0.1) is 24.3 Å². The number of nitrogens with zero attached hydrogens (tertiary/aromatic N) is 5. The van der Waals surface area contributed by atoms with Crippen LogP contribution in [0.4, 0.5) is 17.3 Å². The molecule has 52 heavy (non-hydrogen) atoms. The third-order valence-corrected chi connectivity index (χ3v) is 10.9. The molecule has 3 aliphatic rings. The molecule has 3 saturated heterocycles. The van der Waals surface area contributed by atoms with Gasteiger partial charge in [-0.25, -0.2) is 4.98 Å². The monoisotopic (exact) mass is 869 g/mol. The number of benzene rings is 2. The first-order valence-corrected chi connectivity index (χ1v) is 18.3. The number of nitrogens with two attached hydrogens (primary N) is 1. The van der Waals surface area contributed by atoms with Crippen molar-refractivity contribution in [3.63, 3.8) is 0 Å². The Bertz CT molecular complexity index is 1930. The fourth-order valence-electron chi connectivity index (χ4n) is 7.99. The molecular formula is C40H49HfN8O3-. The van der Waals surface area contributed by atoms with E-state index in [1.165, 1.54) is 11.1 Å². The van der Waals surface area contributed by atoms with Crippen LogP contribution in [0, 0.1) is 20.3 Å². The maximum absolute atomic E-state index is 12.4. The van der Waals surface area contributed by atoms with E-state index in [0.717, 1.165) is 96.0 Å². The number of aryl methyl sites for hydroxylation is 2. The van der Waals surface area contributed by atoms with E-state index in [4.69, 9.17) is 15.5 Å². The van der Waals surface area contributed by atoms with Gasteiger partial charge in [-0.2, -0.15) is 23.1 Å². The number of rotatable bonds is 9. The molecule has 0 saturated carbocycles. The van der Waals surface area contributed by atoms with Crippen LogP contribution >= 0.6 is 0 Å². The summed E-state index contributed by atoms with van der Waals surface area (Å²) >= 11 is 0. The van der Waals surface area contributed by atoms with Gasteiger partial charge in [0.25, 0.3) is 0 Å². The van der Waals surface area contributed by atoms with Gasteiger partial charge in [0, 0.05) is 74.9 Å². The van der Waals surface area contributed by atoms with E-state index in [1.807, 2.05) is 32.2 Å². The van der Waals surface area contributed by atoms with Crippen LogP contribution in [0.3, 0.4) is 0 Å². The number of piperidine rings is 2. The fourth-order valence-corrected chi connectivity index (χ4v) is 7.99. The van der Waals surface area contributed by atoms with Gasteiger partial charge < -0.3 is 25.6 Å². The summed E-state index contributed by atoms with van der Waals surface area (Å²) in [5.41, 5.74) is 13.6. The molecule has 272 valence electrons.